The lowest BCUT2D eigenvalue weighted by Gasteiger charge is -2.35. The van der Waals surface area contributed by atoms with Gasteiger partial charge in [0, 0.05) is 31.5 Å². The van der Waals surface area contributed by atoms with Crippen LogP contribution in [0.2, 0.25) is 0 Å². The molecule has 0 saturated carbocycles. The normalized spacial score (nSPS) is 23.5. The molecule has 0 spiro atoms. The molecule has 1 unspecified atom stereocenters. The highest BCUT2D eigenvalue weighted by Crippen LogP contribution is 2.24. The second-order valence-corrected chi connectivity index (χ2v) is 7.74. The maximum atomic E-state index is 12.3. The maximum Gasteiger partial charge on any atom is 0.281 e. The molecule has 4 nitrogen and oxygen atoms in total. The molecule has 1 heterocycles. The van der Waals surface area contributed by atoms with Gasteiger partial charge in [-0.05, 0) is 39.0 Å². The van der Waals surface area contributed by atoms with E-state index >= 15 is 0 Å². The predicted octanol–water partition coefficient (Wildman–Crippen LogP) is 2.07. The Hall–Kier alpha value is 0.350. The van der Waals surface area contributed by atoms with Crippen molar-refractivity contribution in [3.05, 3.63) is 0 Å². The molecule has 0 aliphatic carbocycles. The average molecular weight is 327 g/mol. The molecule has 0 radical (unpaired) electrons. The summed E-state index contributed by atoms with van der Waals surface area (Å²) in [6, 6.07) is 0.0107. The molecule has 0 bridgehead atoms. The van der Waals surface area contributed by atoms with Crippen molar-refractivity contribution >= 4 is 26.1 Å². The Morgan fingerprint density at radius 2 is 2.12 bits per heavy atom. The SMILES string of the molecule is CC(C)N(C)S(=O)(=O)N1CCCC(CCBr)C1. The minimum Gasteiger partial charge on any atom is -0.195 e. The first-order chi connectivity index (χ1) is 7.89. The van der Waals surface area contributed by atoms with Gasteiger partial charge in [0.15, 0.2) is 0 Å². The number of hydrogen-bond donors (Lipinski definition) is 0. The zero-order chi connectivity index (χ0) is 13.1. The third-order valence-corrected chi connectivity index (χ3v) is 6.01. The number of rotatable bonds is 5. The Kier molecular flexibility index (Phi) is 5.89. The van der Waals surface area contributed by atoms with Crippen LogP contribution in [-0.4, -0.2) is 48.5 Å². The smallest absolute Gasteiger partial charge is 0.195 e. The molecule has 1 rings (SSSR count). The highest BCUT2D eigenvalue weighted by molar-refractivity contribution is 9.09. The number of nitrogens with zero attached hydrogens (tertiary/aromatic N) is 2. The van der Waals surface area contributed by atoms with Crippen LogP contribution in [0.1, 0.15) is 33.1 Å². The maximum absolute atomic E-state index is 12.3. The van der Waals surface area contributed by atoms with E-state index < -0.39 is 10.2 Å². The van der Waals surface area contributed by atoms with Crippen LogP contribution in [0.4, 0.5) is 0 Å². The quantitative estimate of drug-likeness (QED) is 0.726. The number of hydrogen-bond acceptors (Lipinski definition) is 2. The zero-order valence-electron chi connectivity index (χ0n) is 10.9. The molecule has 0 amide bonds. The molecule has 1 aliphatic rings. The first-order valence-electron chi connectivity index (χ1n) is 6.18. The topological polar surface area (TPSA) is 40.6 Å². The molecule has 102 valence electrons. The van der Waals surface area contributed by atoms with Crippen molar-refractivity contribution in [2.24, 2.45) is 5.92 Å². The number of halogens is 1. The average Bonchev–Trinajstić information content (AvgIpc) is 2.28. The van der Waals surface area contributed by atoms with Crippen molar-refractivity contribution in [1.82, 2.24) is 8.61 Å². The lowest BCUT2D eigenvalue weighted by molar-refractivity contribution is 0.243. The Bertz CT molecular complexity index is 330. The molecule has 0 aromatic carbocycles. The summed E-state index contributed by atoms with van der Waals surface area (Å²) in [7, 11) is -1.60. The van der Waals surface area contributed by atoms with Crippen LogP contribution in [0.25, 0.3) is 0 Å². The van der Waals surface area contributed by atoms with Crippen LogP contribution in [0.5, 0.6) is 0 Å². The van der Waals surface area contributed by atoms with Crippen LogP contribution in [0, 0.1) is 5.92 Å². The van der Waals surface area contributed by atoms with E-state index in [9.17, 15) is 8.42 Å². The fourth-order valence-electron chi connectivity index (χ4n) is 2.07. The van der Waals surface area contributed by atoms with E-state index in [1.54, 1.807) is 11.4 Å². The van der Waals surface area contributed by atoms with Crippen molar-refractivity contribution < 1.29 is 8.42 Å². The highest BCUT2D eigenvalue weighted by atomic mass is 79.9. The van der Waals surface area contributed by atoms with Crippen LogP contribution < -0.4 is 0 Å². The molecule has 17 heavy (non-hydrogen) atoms. The van der Waals surface area contributed by atoms with Crippen LogP contribution in [0.15, 0.2) is 0 Å². The second-order valence-electron chi connectivity index (χ2n) is 4.96. The summed E-state index contributed by atoms with van der Waals surface area (Å²) in [6.07, 6.45) is 3.17. The summed E-state index contributed by atoms with van der Waals surface area (Å²) in [5.74, 6) is 0.499. The molecular weight excluding hydrogens is 304 g/mol. The van der Waals surface area contributed by atoms with Gasteiger partial charge in [-0.25, -0.2) is 0 Å². The van der Waals surface area contributed by atoms with Gasteiger partial charge in [0.25, 0.3) is 10.2 Å². The van der Waals surface area contributed by atoms with Crippen molar-refractivity contribution in [1.29, 1.82) is 0 Å². The summed E-state index contributed by atoms with van der Waals surface area (Å²) < 4.78 is 27.7. The van der Waals surface area contributed by atoms with Crippen LogP contribution in [0.3, 0.4) is 0 Å². The zero-order valence-corrected chi connectivity index (χ0v) is 13.3. The van der Waals surface area contributed by atoms with E-state index in [1.165, 1.54) is 4.31 Å². The number of piperidine rings is 1. The molecule has 0 aromatic heterocycles. The van der Waals surface area contributed by atoms with E-state index in [4.69, 9.17) is 0 Å². The van der Waals surface area contributed by atoms with Gasteiger partial charge in [-0.2, -0.15) is 17.0 Å². The Balaban J connectivity index is 2.71. The summed E-state index contributed by atoms with van der Waals surface area (Å²) in [5.41, 5.74) is 0. The first kappa shape index (κ1) is 15.4. The van der Waals surface area contributed by atoms with E-state index in [1.807, 2.05) is 13.8 Å². The molecule has 1 fully saturated rings. The molecule has 0 N–H and O–H groups in total. The van der Waals surface area contributed by atoms with Gasteiger partial charge in [0.1, 0.15) is 0 Å². The summed E-state index contributed by atoms with van der Waals surface area (Å²) in [5, 5.41) is 0.950. The molecule has 1 atom stereocenters. The summed E-state index contributed by atoms with van der Waals surface area (Å²) >= 11 is 3.43. The first-order valence-corrected chi connectivity index (χ1v) is 8.70. The Labute approximate surface area is 114 Å². The largest absolute Gasteiger partial charge is 0.281 e. The molecule has 1 saturated heterocycles. The third-order valence-electron chi connectivity index (χ3n) is 3.42. The van der Waals surface area contributed by atoms with Crippen molar-refractivity contribution in [3.8, 4) is 0 Å². The van der Waals surface area contributed by atoms with E-state index in [-0.39, 0.29) is 6.04 Å². The molecule has 0 aromatic rings. The third kappa shape index (κ3) is 3.91. The van der Waals surface area contributed by atoms with E-state index in [0.29, 0.717) is 19.0 Å². The van der Waals surface area contributed by atoms with Gasteiger partial charge in [0.05, 0.1) is 0 Å². The van der Waals surface area contributed by atoms with Gasteiger partial charge in [0.2, 0.25) is 0 Å². The van der Waals surface area contributed by atoms with E-state index in [2.05, 4.69) is 15.9 Å². The fraction of sp³-hybridized carbons (Fsp3) is 1.00. The van der Waals surface area contributed by atoms with Crippen molar-refractivity contribution in [2.75, 3.05) is 25.5 Å². The predicted molar refractivity (Wildman–Crippen MR) is 74.5 cm³/mol. The monoisotopic (exact) mass is 326 g/mol. The minimum atomic E-state index is -3.26. The Morgan fingerprint density at radius 3 is 2.65 bits per heavy atom. The van der Waals surface area contributed by atoms with Gasteiger partial charge in [-0.15, -0.1) is 0 Å². The van der Waals surface area contributed by atoms with Gasteiger partial charge in [-0.1, -0.05) is 15.9 Å². The number of alkyl halides is 1. The fourth-order valence-corrected chi connectivity index (χ4v) is 4.38. The molecular formula is C11H23BrN2O2S. The van der Waals surface area contributed by atoms with Gasteiger partial charge < -0.3 is 0 Å². The van der Waals surface area contributed by atoms with Crippen molar-refractivity contribution in [2.45, 2.75) is 39.2 Å². The summed E-state index contributed by atoms with van der Waals surface area (Å²) in [6.45, 7) is 5.14. The lowest BCUT2D eigenvalue weighted by Crippen LogP contribution is -2.48. The molecule has 1 aliphatic heterocycles. The standard InChI is InChI=1S/C11H23BrN2O2S/c1-10(2)13(3)17(15,16)14-8-4-5-11(9-14)6-7-12/h10-11H,4-9H2,1-3H3. The second kappa shape index (κ2) is 6.50. The van der Waals surface area contributed by atoms with Crippen LogP contribution >= 0.6 is 15.9 Å². The lowest BCUT2D eigenvalue weighted by atomic mass is 9.97. The van der Waals surface area contributed by atoms with Gasteiger partial charge >= 0.3 is 0 Å². The summed E-state index contributed by atoms with van der Waals surface area (Å²) in [4.78, 5) is 0. The van der Waals surface area contributed by atoms with E-state index in [0.717, 1.165) is 24.6 Å². The Morgan fingerprint density at radius 1 is 1.47 bits per heavy atom. The van der Waals surface area contributed by atoms with Crippen molar-refractivity contribution in [3.63, 3.8) is 0 Å². The molecule has 6 heteroatoms. The van der Waals surface area contributed by atoms with Gasteiger partial charge in [-0.3, -0.25) is 0 Å². The highest BCUT2D eigenvalue weighted by Gasteiger charge is 2.32. The minimum absolute atomic E-state index is 0.0107. The van der Waals surface area contributed by atoms with Crippen LogP contribution in [-0.2, 0) is 10.2 Å².